The first kappa shape index (κ1) is 16.9. The maximum Gasteiger partial charge on any atom is 0.131 e. The van der Waals surface area contributed by atoms with Gasteiger partial charge in [0.2, 0.25) is 0 Å². The zero-order valence-corrected chi connectivity index (χ0v) is 11.8. The van der Waals surface area contributed by atoms with Gasteiger partial charge in [-0.2, -0.15) is 0 Å². The molecule has 0 aliphatic carbocycles. The van der Waals surface area contributed by atoms with Gasteiger partial charge >= 0.3 is 0 Å². The summed E-state index contributed by atoms with van der Waals surface area (Å²) in [6.45, 7) is 8.80. The monoisotopic (exact) mass is 248 g/mol. The SMILES string of the molecule is CCC[C@@](C)(F)COCC(C)C(CC)CCO. The standard InChI is InChI=1S/C14H29FO2/c1-5-8-14(4,15)11-17-10-12(3)13(6-2)7-9-16/h12-13,16H,5-11H2,1-4H3/t12?,13?,14-/m1/s1. The van der Waals surface area contributed by atoms with Gasteiger partial charge in [-0.25, -0.2) is 4.39 Å². The minimum absolute atomic E-state index is 0.181. The van der Waals surface area contributed by atoms with Crippen molar-refractivity contribution in [2.75, 3.05) is 19.8 Å². The van der Waals surface area contributed by atoms with Crippen LogP contribution in [0.1, 0.15) is 53.4 Å². The molecule has 0 rings (SSSR count). The lowest BCUT2D eigenvalue weighted by molar-refractivity contribution is -0.00216. The molecule has 0 amide bonds. The Balaban J connectivity index is 3.86. The first-order valence-electron chi connectivity index (χ1n) is 6.84. The van der Waals surface area contributed by atoms with Crippen LogP contribution in [-0.4, -0.2) is 30.6 Å². The van der Waals surface area contributed by atoms with E-state index >= 15 is 0 Å². The third-order valence-electron chi connectivity index (χ3n) is 3.38. The van der Waals surface area contributed by atoms with E-state index in [-0.39, 0.29) is 13.2 Å². The molecule has 0 radical (unpaired) electrons. The number of hydrogen-bond acceptors (Lipinski definition) is 2. The van der Waals surface area contributed by atoms with Gasteiger partial charge in [-0.1, -0.05) is 33.6 Å². The van der Waals surface area contributed by atoms with Crippen molar-refractivity contribution < 1.29 is 14.2 Å². The van der Waals surface area contributed by atoms with E-state index in [1.807, 2.05) is 6.92 Å². The van der Waals surface area contributed by atoms with Crippen LogP contribution in [0.3, 0.4) is 0 Å². The van der Waals surface area contributed by atoms with E-state index in [0.717, 1.165) is 19.3 Å². The predicted molar refractivity (Wildman–Crippen MR) is 69.9 cm³/mol. The van der Waals surface area contributed by atoms with Crippen molar-refractivity contribution in [2.45, 2.75) is 59.0 Å². The van der Waals surface area contributed by atoms with Crippen LogP contribution < -0.4 is 0 Å². The normalized spacial score (nSPS) is 18.7. The first-order valence-corrected chi connectivity index (χ1v) is 6.84. The minimum atomic E-state index is -1.20. The van der Waals surface area contributed by atoms with Crippen molar-refractivity contribution in [1.29, 1.82) is 0 Å². The van der Waals surface area contributed by atoms with E-state index in [2.05, 4.69) is 13.8 Å². The van der Waals surface area contributed by atoms with Crippen LogP contribution in [-0.2, 0) is 4.74 Å². The molecule has 0 bridgehead atoms. The average molecular weight is 248 g/mol. The molecule has 1 N–H and O–H groups in total. The summed E-state index contributed by atoms with van der Waals surface area (Å²) in [4.78, 5) is 0. The molecular weight excluding hydrogens is 219 g/mol. The molecule has 0 aromatic rings. The highest BCUT2D eigenvalue weighted by Crippen LogP contribution is 2.22. The highest BCUT2D eigenvalue weighted by molar-refractivity contribution is 4.72. The fourth-order valence-electron chi connectivity index (χ4n) is 2.24. The molecule has 0 aromatic carbocycles. The molecule has 17 heavy (non-hydrogen) atoms. The van der Waals surface area contributed by atoms with Gasteiger partial charge in [0.1, 0.15) is 5.67 Å². The summed E-state index contributed by atoms with van der Waals surface area (Å²) in [5.74, 6) is 0.849. The highest BCUT2D eigenvalue weighted by Gasteiger charge is 2.23. The van der Waals surface area contributed by atoms with E-state index in [0.29, 0.717) is 24.9 Å². The Hall–Kier alpha value is -0.150. The average Bonchev–Trinajstić information content (AvgIpc) is 2.25. The molecule has 2 nitrogen and oxygen atoms in total. The lowest BCUT2D eigenvalue weighted by Gasteiger charge is -2.24. The molecule has 0 fully saturated rings. The van der Waals surface area contributed by atoms with Gasteiger partial charge in [0, 0.05) is 13.2 Å². The van der Waals surface area contributed by atoms with Gasteiger partial charge < -0.3 is 9.84 Å². The van der Waals surface area contributed by atoms with Gasteiger partial charge in [-0.05, 0) is 31.6 Å². The number of aliphatic hydroxyl groups excluding tert-OH is 1. The third kappa shape index (κ3) is 7.72. The molecule has 0 heterocycles. The second-order valence-electron chi connectivity index (χ2n) is 5.34. The minimum Gasteiger partial charge on any atom is -0.396 e. The third-order valence-corrected chi connectivity index (χ3v) is 3.38. The van der Waals surface area contributed by atoms with Crippen LogP contribution in [0.25, 0.3) is 0 Å². The topological polar surface area (TPSA) is 29.5 Å². The van der Waals surface area contributed by atoms with Gasteiger partial charge in [-0.15, -0.1) is 0 Å². The van der Waals surface area contributed by atoms with Crippen LogP contribution in [0.5, 0.6) is 0 Å². The fraction of sp³-hybridized carbons (Fsp3) is 1.00. The summed E-state index contributed by atoms with van der Waals surface area (Å²) in [7, 11) is 0. The van der Waals surface area contributed by atoms with E-state index in [1.54, 1.807) is 6.92 Å². The summed E-state index contributed by atoms with van der Waals surface area (Å²) in [5.41, 5.74) is -1.20. The van der Waals surface area contributed by atoms with Crippen LogP contribution in [0.15, 0.2) is 0 Å². The summed E-state index contributed by atoms with van der Waals surface area (Å²) >= 11 is 0. The quantitative estimate of drug-likeness (QED) is 0.640. The van der Waals surface area contributed by atoms with Crippen molar-refractivity contribution in [3.05, 3.63) is 0 Å². The molecule has 3 heteroatoms. The van der Waals surface area contributed by atoms with Gasteiger partial charge in [-0.3, -0.25) is 0 Å². The number of aliphatic hydroxyl groups is 1. The summed E-state index contributed by atoms with van der Waals surface area (Å²) in [6.07, 6.45) is 3.24. The molecule has 0 spiro atoms. The number of hydrogen-bond donors (Lipinski definition) is 1. The first-order chi connectivity index (χ1) is 7.96. The largest absolute Gasteiger partial charge is 0.396 e. The zero-order chi connectivity index (χ0) is 13.3. The Morgan fingerprint density at radius 1 is 1.35 bits per heavy atom. The van der Waals surface area contributed by atoms with Crippen molar-refractivity contribution >= 4 is 0 Å². The Labute approximate surface area is 106 Å². The molecule has 0 aliphatic heterocycles. The van der Waals surface area contributed by atoms with Crippen molar-refractivity contribution in [3.8, 4) is 0 Å². The van der Waals surface area contributed by atoms with E-state index in [9.17, 15) is 4.39 Å². The highest BCUT2D eigenvalue weighted by atomic mass is 19.1. The van der Waals surface area contributed by atoms with Crippen molar-refractivity contribution in [1.82, 2.24) is 0 Å². The Kier molecular flexibility index (Phi) is 8.79. The molecule has 2 unspecified atom stereocenters. The molecule has 3 atom stereocenters. The van der Waals surface area contributed by atoms with E-state index in [4.69, 9.17) is 9.84 Å². The lowest BCUT2D eigenvalue weighted by atomic mass is 9.89. The van der Waals surface area contributed by atoms with Crippen molar-refractivity contribution in [3.63, 3.8) is 0 Å². The molecular formula is C14H29FO2. The van der Waals surface area contributed by atoms with Crippen LogP contribution in [0.2, 0.25) is 0 Å². The van der Waals surface area contributed by atoms with Gasteiger partial charge in [0.05, 0.1) is 6.61 Å². The van der Waals surface area contributed by atoms with Crippen molar-refractivity contribution in [2.24, 2.45) is 11.8 Å². The number of alkyl halides is 1. The maximum atomic E-state index is 13.8. The number of rotatable bonds is 10. The Bertz CT molecular complexity index is 183. The van der Waals surface area contributed by atoms with Gasteiger partial charge in [0.15, 0.2) is 0 Å². The van der Waals surface area contributed by atoms with E-state index in [1.165, 1.54) is 0 Å². The molecule has 104 valence electrons. The van der Waals surface area contributed by atoms with Crippen LogP contribution in [0.4, 0.5) is 4.39 Å². The number of halogens is 1. The Morgan fingerprint density at radius 2 is 2.00 bits per heavy atom. The molecule has 0 saturated carbocycles. The molecule has 0 saturated heterocycles. The Morgan fingerprint density at radius 3 is 2.47 bits per heavy atom. The second-order valence-corrected chi connectivity index (χ2v) is 5.34. The fourth-order valence-corrected chi connectivity index (χ4v) is 2.24. The molecule has 0 aliphatic rings. The van der Waals surface area contributed by atoms with E-state index < -0.39 is 5.67 Å². The smallest absolute Gasteiger partial charge is 0.131 e. The second kappa shape index (κ2) is 8.87. The van der Waals surface area contributed by atoms with Crippen LogP contribution in [0, 0.1) is 11.8 Å². The zero-order valence-electron chi connectivity index (χ0n) is 11.8. The van der Waals surface area contributed by atoms with Crippen LogP contribution >= 0.6 is 0 Å². The summed E-state index contributed by atoms with van der Waals surface area (Å²) in [6, 6.07) is 0. The predicted octanol–water partition coefficient (Wildman–Crippen LogP) is 3.58. The van der Waals surface area contributed by atoms with Gasteiger partial charge in [0.25, 0.3) is 0 Å². The lowest BCUT2D eigenvalue weighted by Crippen LogP contribution is -2.27. The maximum absolute atomic E-state index is 13.8. The molecule has 0 aromatic heterocycles. The summed E-state index contributed by atoms with van der Waals surface area (Å²) < 4.78 is 19.3. The summed E-state index contributed by atoms with van der Waals surface area (Å²) in [5, 5.41) is 8.94. The number of ether oxygens (including phenoxy) is 1.